The minimum atomic E-state index is -1.54. The van der Waals surface area contributed by atoms with E-state index in [2.05, 4.69) is 79.2 Å². The van der Waals surface area contributed by atoms with Crippen LogP contribution in [0.5, 0.6) is 0 Å². The first-order chi connectivity index (χ1) is 12.6. The van der Waals surface area contributed by atoms with Gasteiger partial charge in [-0.05, 0) is 85.9 Å². The summed E-state index contributed by atoms with van der Waals surface area (Å²) in [5.74, 6) is 2.24. The maximum atomic E-state index is 6.40. The topological polar surface area (TPSA) is 18.5 Å². The molecule has 3 aliphatic carbocycles. The summed E-state index contributed by atoms with van der Waals surface area (Å²) in [6.07, 6.45) is 12.5. The van der Waals surface area contributed by atoms with Crippen molar-refractivity contribution < 1.29 is 9.16 Å². The minimum absolute atomic E-state index is 0.133. The van der Waals surface area contributed by atoms with Gasteiger partial charge >= 0.3 is 0 Å². The van der Waals surface area contributed by atoms with Crippen LogP contribution in [0.1, 0.15) is 59.3 Å². The highest BCUT2D eigenvalue weighted by Crippen LogP contribution is 2.59. The van der Waals surface area contributed by atoms with Crippen molar-refractivity contribution in [3.05, 3.63) is 21.8 Å². The van der Waals surface area contributed by atoms with Crippen molar-refractivity contribution in [3.8, 4) is 0 Å². The average molecular weight is 503 g/mol. The van der Waals surface area contributed by atoms with Crippen molar-refractivity contribution >= 4 is 30.9 Å². The van der Waals surface area contributed by atoms with Crippen LogP contribution in [0, 0.1) is 23.2 Å². The molecular weight excluding hydrogens is 463 g/mol. The van der Waals surface area contributed by atoms with Crippen LogP contribution in [0.15, 0.2) is 21.8 Å². The van der Waals surface area contributed by atoms with E-state index in [-0.39, 0.29) is 11.7 Å². The monoisotopic (exact) mass is 502 g/mol. The Balaban J connectivity index is 1.55. The van der Waals surface area contributed by atoms with E-state index in [4.69, 9.17) is 9.16 Å². The van der Waals surface area contributed by atoms with Gasteiger partial charge in [0.15, 0.2) is 8.32 Å². The molecule has 0 aromatic rings. The van der Waals surface area contributed by atoms with Crippen molar-refractivity contribution in [3.63, 3.8) is 0 Å². The van der Waals surface area contributed by atoms with Gasteiger partial charge in [0.1, 0.15) is 0 Å². The number of fused-ring (bicyclic) bond motifs is 1. The number of allylic oxidation sites excluding steroid dienone is 1. The van der Waals surface area contributed by atoms with E-state index in [1.54, 1.807) is 5.57 Å². The van der Waals surface area contributed by atoms with Gasteiger partial charge in [0.05, 0.1) is 18.3 Å². The molecule has 3 aliphatic rings. The standard InChI is InChI=1S/C23H39IO2Si/c1-17(16-25-19-11-13-22(2,14-19)26-27(4,5)6)20-9-10-21-18(15-24)8-7-12-23(20,21)3/h11,13,15,17,19-21H,7-10,12,14,16H2,1-6H3/t17-,19+,20+,21?,22+,23-/m0/s1. The summed E-state index contributed by atoms with van der Waals surface area (Å²) in [4.78, 5) is 0. The molecule has 2 nitrogen and oxygen atoms in total. The fourth-order valence-electron chi connectivity index (χ4n) is 6.27. The van der Waals surface area contributed by atoms with Gasteiger partial charge in [-0.2, -0.15) is 0 Å². The lowest BCUT2D eigenvalue weighted by atomic mass is 9.61. The molecule has 0 spiro atoms. The highest BCUT2D eigenvalue weighted by molar-refractivity contribution is 14.1. The lowest BCUT2D eigenvalue weighted by Gasteiger charge is -2.44. The first-order valence-corrected chi connectivity index (χ1v) is 15.5. The zero-order chi connectivity index (χ0) is 19.9. The zero-order valence-electron chi connectivity index (χ0n) is 18.2. The highest BCUT2D eigenvalue weighted by atomic mass is 127. The summed E-state index contributed by atoms with van der Waals surface area (Å²) in [7, 11) is -1.54. The third kappa shape index (κ3) is 4.92. The Labute approximate surface area is 181 Å². The summed E-state index contributed by atoms with van der Waals surface area (Å²) in [5, 5.41) is 0. The smallest absolute Gasteiger partial charge is 0.184 e. The first kappa shape index (κ1) is 22.0. The Hall–Kier alpha value is 0.347. The lowest BCUT2D eigenvalue weighted by Crippen LogP contribution is -2.39. The quantitative estimate of drug-likeness (QED) is 0.219. The average Bonchev–Trinajstić information content (AvgIpc) is 3.10. The third-order valence-electron chi connectivity index (χ3n) is 7.25. The third-order valence-corrected chi connectivity index (χ3v) is 9.13. The first-order valence-electron chi connectivity index (χ1n) is 10.9. The molecule has 0 aromatic carbocycles. The Morgan fingerprint density at radius 3 is 2.70 bits per heavy atom. The number of hydrogen-bond acceptors (Lipinski definition) is 2. The second-order valence-electron chi connectivity index (χ2n) is 10.7. The normalized spacial score (nSPS) is 41.9. The van der Waals surface area contributed by atoms with Crippen molar-refractivity contribution in [2.45, 2.75) is 90.6 Å². The van der Waals surface area contributed by atoms with Crippen LogP contribution < -0.4 is 0 Å². The largest absolute Gasteiger partial charge is 0.409 e. The van der Waals surface area contributed by atoms with Crippen molar-refractivity contribution in [1.82, 2.24) is 0 Å². The minimum Gasteiger partial charge on any atom is -0.409 e. The molecule has 2 saturated carbocycles. The van der Waals surface area contributed by atoms with E-state index < -0.39 is 8.32 Å². The molecular formula is C23H39IO2Si. The summed E-state index contributed by atoms with van der Waals surface area (Å²) in [6, 6.07) is 0. The fraction of sp³-hybridized carbons (Fsp3) is 0.826. The zero-order valence-corrected chi connectivity index (χ0v) is 21.3. The molecule has 0 aromatic heterocycles. The molecule has 0 bridgehead atoms. The van der Waals surface area contributed by atoms with Gasteiger partial charge in [0.25, 0.3) is 0 Å². The fourth-order valence-corrected chi connectivity index (χ4v) is 8.57. The summed E-state index contributed by atoms with van der Waals surface area (Å²) in [5.41, 5.74) is 2.07. The maximum absolute atomic E-state index is 6.40. The Morgan fingerprint density at radius 2 is 2.04 bits per heavy atom. The van der Waals surface area contributed by atoms with E-state index in [1.165, 1.54) is 32.1 Å². The molecule has 0 saturated heterocycles. The SMILES string of the molecule is C[C@@H](CO[C@@H]1C=C[C@@](C)(O[Si](C)(C)C)C1)[C@H]1CCC2C(=CI)CCC[C@]21C. The van der Waals surface area contributed by atoms with Crippen LogP contribution in [-0.2, 0) is 9.16 Å². The summed E-state index contributed by atoms with van der Waals surface area (Å²) < 4.78 is 15.2. The second-order valence-corrected chi connectivity index (χ2v) is 15.8. The molecule has 0 N–H and O–H groups in total. The van der Waals surface area contributed by atoms with Gasteiger partial charge in [-0.25, -0.2) is 0 Å². The number of rotatable bonds is 6. The molecule has 3 rings (SSSR count). The van der Waals surface area contributed by atoms with Crippen LogP contribution in [0.25, 0.3) is 0 Å². The van der Waals surface area contributed by atoms with E-state index in [9.17, 15) is 0 Å². The molecule has 0 aliphatic heterocycles. The van der Waals surface area contributed by atoms with Crippen LogP contribution in [0.3, 0.4) is 0 Å². The predicted molar refractivity (Wildman–Crippen MR) is 126 cm³/mol. The molecule has 6 atom stereocenters. The molecule has 0 radical (unpaired) electrons. The van der Waals surface area contributed by atoms with Crippen LogP contribution in [-0.4, -0.2) is 26.6 Å². The van der Waals surface area contributed by atoms with Gasteiger partial charge in [0, 0.05) is 6.42 Å². The number of hydrogen-bond donors (Lipinski definition) is 0. The number of ether oxygens (including phenoxy) is 1. The van der Waals surface area contributed by atoms with E-state index >= 15 is 0 Å². The molecule has 154 valence electrons. The molecule has 1 unspecified atom stereocenters. The van der Waals surface area contributed by atoms with Gasteiger partial charge in [-0.1, -0.05) is 54.2 Å². The Morgan fingerprint density at radius 1 is 1.30 bits per heavy atom. The van der Waals surface area contributed by atoms with Gasteiger partial charge in [-0.3, -0.25) is 0 Å². The van der Waals surface area contributed by atoms with Crippen LogP contribution >= 0.6 is 22.6 Å². The van der Waals surface area contributed by atoms with Gasteiger partial charge in [-0.15, -0.1) is 0 Å². The Kier molecular flexibility index (Phi) is 6.72. The molecule has 2 fully saturated rings. The van der Waals surface area contributed by atoms with E-state index in [0.717, 1.165) is 24.9 Å². The van der Waals surface area contributed by atoms with E-state index in [0.29, 0.717) is 11.3 Å². The van der Waals surface area contributed by atoms with E-state index in [1.807, 2.05) is 0 Å². The van der Waals surface area contributed by atoms with Gasteiger partial charge < -0.3 is 9.16 Å². The van der Waals surface area contributed by atoms with Crippen LogP contribution in [0.4, 0.5) is 0 Å². The lowest BCUT2D eigenvalue weighted by molar-refractivity contribution is -0.00461. The predicted octanol–water partition coefficient (Wildman–Crippen LogP) is 7.11. The molecule has 0 amide bonds. The van der Waals surface area contributed by atoms with Crippen molar-refractivity contribution in [2.24, 2.45) is 23.2 Å². The molecule has 4 heteroatoms. The number of halogens is 1. The summed E-state index contributed by atoms with van der Waals surface area (Å²) in [6.45, 7) is 14.9. The molecule has 27 heavy (non-hydrogen) atoms. The molecule has 0 heterocycles. The highest BCUT2D eigenvalue weighted by Gasteiger charge is 2.50. The summed E-state index contributed by atoms with van der Waals surface area (Å²) >= 11 is 2.47. The van der Waals surface area contributed by atoms with Crippen molar-refractivity contribution in [2.75, 3.05) is 6.61 Å². The van der Waals surface area contributed by atoms with Crippen molar-refractivity contribution in [1.29, 1.82) is 0 Å². The Bertz CT molecular complexity index is 596. The van der Waals surface area contributed by atoms with Gasteiger partial charge in [0.2, 0.25) is 0 Å². The maximum Gasteiger partial charge on any atom is 0.184 e. The van der Waals surface area contributed by atoms with Crippen LogP contribution in [0.2, 0.25) is 19.6 Å². The second kappa shape index (κ2) is 8.23.